The average Bonchev–Trinajstić information content (AvgIpc) is 3.13. The minimum Gasteiger partial charge on any atom is -0.372 e. The van der Waals surface area contributed by atoms with Crippen LogP contribution < -0.4 is 20.3 Å². The molecule has 0 atom stereocenters. The van der Waals surface area contributed by atoms with Crippen molar-refractivity contribution < 1.29 is 12.8 Å². The summed E-state index contributed by atoms with van der Waals surface area (Å²) in [7, 11) is -0.419. The van der Waals surface area contributed by atoms with Crippen LogP contribution in [0.1, 0.15) is 5.56 Å². The lowest BCUT2D eigenvalue weighted by molar-refractivity contribution is 0.571. The number of benzene rings is 2. The molecule has 3 N–H and O–H groups in total. The summed E-state index contributed by atoms with van der Waals surface area (Å²) in [6, 6.07) is 7.92. The van der Waals surface area contributed by atoms with E-state index < -0.39 is 20.7 Å². The maximum atomic E-state index is 14.8. The van der Waals surface area contributed by atoms with E-state index in [-0.39, 0.29) is 15.8 Å². The number of halogens is 3. The van der Waals surface area contributed by atoms with Crippen LogP contribution in [0.3, 0.4) is 0 Å². The largest absolute Gasteiger partial charge is 0.372 e. The third-order valence-corrected chi connectivity index (χ3v) is 7.37. The van der Waals surface area contributed by atoms with Crippen LogP contribution in [0.25, 0.3) is 0 Å². The van der Waals surface area contributed by atoms with Gasteiger partial charge in [0.15, 0.2) is 5.13 Å². The normalized spacial score (nSPS) is 11.4. The highest BCUT2D eigenvalue weighted by molar-refractivity contribution is 7.93. The molecule has 0 spiro atoms. The SMILES string of the molecule is CNCCN(C)c1cc(C)ccc1Nc1cc(F)c(S(=O)(=O)Nc2ncc(Cl)s2)cc1Cl. The van der Waals surface area contributed by atoms with Crippen LogP contribution in [-0.4, -0.2) is 40.6 Å². The predicted octanol–water partition coefficient (Wildman–Crippen LogP) is 5.10. The Morgan fingerprint density at radius 2 is 1.94 bits per heavy atom. The topological polar surface area (TPSA) is 86.4 Å². The van der Waals surface area contributed by atoms with Gasteiger partial charge in [-0.25, -0.2) is 17.8 Å². The number of thiazole rings is 1. The first-order valence-corrected chi connectivity index (χ1v) is 12.5. The Balaban J connectivity index is 1.91. The van der Waals surface area contributed by atoms with Crippen LogP contribution in [0, 0.1) is 12.7 Å². The number of anilines is 4. The number of rotatable bonds is 9. The van der Waals surface area contributed by atoms with Gasteiger partial charge in [0, 0.05) is 26.2 Å². The van der Waals surface area contributed by atoms with Crippen LogP contribution in [0.5, 0.6) is 0 Å². The smallest absolute Gasteiger partial charge is 0.266 e. The van der Waals surface area contributed by atoms with Crippen molar-refractivity contribution in [2.24, 2.45) is 0 Å². The third kappa shape index (κ3) is 5.81. The number of nitrogens with one attached hydrogen (secondary N) is 3. The van der Waals surface area contributed by atoms with Crippen molar-refractivity contribution in [3.63, 3.8) is 0 Å². The molecule has 1 aromatic heterocycles. The second-order valence-corrected chi connectivity index (χ2v) is 10.7. The lowest BCUT2D eigenvalue weighted by Gasteiger charge is -2.24. The fourth-order valence-corrected chi connectivity index (χ4v) is 5.33. The molecule has 0 aliphatic heterocycles. The van der Waals surface area contributed by atoms with E-state index in [1.54, 1.807) is 0 Å². The van der Waals surface area contributed by atoms with Crippen LogP contribution in [0.15, 0.2) is 41.4 Å². The molecule has 12 heteroatoms. The van der Waals surface area contributed by atoms with Crippen molar-refractivity contribution in [1.82, 2.24) is 10.3 Å². The highest BCUT2D eigenvalue weighted by atomic mass is 35.5. The zero-order valence-corrected chi connectivity index (χ0v) is 20.7. The average molecular weight is 518 g/mol. The van der Waals surface area contributed by atoms with Crippen LogP contribution in [0.2, 0.25) is 9.36 Å². The van der Waals surface area contributed by atoms with Crippen molar-refractivity contribution in [3.05, 3.63) is 57.3 Å². The molecule has 32 heavy (non-hydrogen) atoms. The molecule has 2 aromatic carbocycles. The minimum atomic E-state index is -4.24. The van der Waals surface area contributed by atoms with E-state index in [2.05, 4.69) is 25.2 Å². The molecule has 0 fully saturated rings. The molecule has 3 rings (SSSR count). The zero-order valence-electron chi connectivity index (χ0n) is 17.5. The molecule has 1 heterocycles. The lowest BCUT2D eigenvalue weighted by Crippen LogP contribution is -2.27. The monoisotopic (exact) mass is 517 g/mol. The summed E-state index contributed by atoms with van der Waals surface area (Å²) in [5, 5.41) is 6.30. The minimum absolute atomic E-state index is 0.0293. The van der Waals surface area contributed by atoms with Gasteiger partial charge in [0.1, 0.15) is 15.0 Å². The Morgan fingerprint density at radius 3 is 2.59 bits per heavy atom. The maximum absolute atomic E-state index is 14.8. The first kappa shape index (κ1) is 24.5. The molecule has 172 valence electrons. The molecule has 7 nitrogen and oxygen atoms in total. The van der Waals surface area contributed by atoms with E-state index >= 15 is 0 Å². The molecular weight excluding hydrogens is 496 g/mol. The Labute approximate surface area is 200 Å². The summed E-state index contributed by atoms with van der Waals surface area (Å²) >= 11 is 13.0. The Morgan fingerprint density at radius 1 is 1.19 bits per heavy atom. The van der Waals surface area contributed by atoms with Gasteiger partial charge >= 0.3 is 0 Å². The van der Waals surface area contributed by atoms with E-state index in [4.69, 9.17) is 23.2 Å². The van der Waals surface area contributed by atoms with Crippen molar-refractivity contribution in [2.45, 2.75) is 11.8 Å². The van der Waals surface area contributed by atoms with Gasteiger partial charge in [-0.05, 0) is 37.7 Å². The molecule has 0 aliphatic rings. The fraction of sp³-hybridized carbons (Fsp3) is 0.250. The highest BCUT2D eigenvalue weighted by Gasteiger charge is 2.23. The van der Waals surface area contributed by atoms with Crippen molar-refractivity contribution in [3.8, 4) is 0 Å². The van der Waals surface area contributed by atoms with Crippen molar-refractivity contribution in [2.75, 3.05) is 42.1 Å². The van der Waals surface area contributed by atoms with Gasteiger partial charge < -0.3 is 15.5 Å². The fourth-order valence-electron chi connectivity index (χ4n) is 2.91. The zero-order chi connectivity index (χ0) is 23.5. The molecule has 0 unspecified atom stereocenters. The highest BCUT2D eigenvalue weighted by Crippen LogP contribution is 2.35. The molecule has 0 saturated carbocycles. The first-order chi connectivity index (χ1) is 15.1. The summed E-state index contributed by atoms with van der Waals surface area (Å²) in [6.45, 7) is 3.51. The quantitative estimate of drug-likeness (QED) is 0.366. The van der Waals surface area contributed by atoms with Crippen LogP contribution in [-0.2, 0) is 10.0 Å². The van der Waals surface area contributed by atoms with Gasteiger partial charge in [0.2, 0.25) is 0 Å². The van der Waals surface area contributed by atoms with Crippen LogP contribution in [0.4, 0.5) is 26.6 Å². The van der Waals surface area contributed by atoms with Gasteiger partial charge in [0.05, 0.1) is 28.3 Å². The number of hydrogen-bond donors (Lipinski definition) is 3. The van der Waals surface area contributed by atoms with Gasteiger partial charge in [-0.1, -0.05) is 40.6 Å². The second kappa shape index (κ2) is 10.2. The van der Waals surface area contributed by atoms with E-state index in [9.17, 15) is 12.8 Å². The summed E-state index contributed by atoms with van der Waals surface area (Å²) in [5.74, 6) is -0.954. The van der Waals surface area contributed by atoms with E-state index in [1.807, 2.05) is 39.2 Å². The van der Waals surface area contributed by atoms with Gasteiger partial charge in [-0.3, -0.25) is 4.72 Å². The van der Waals surface area contributed by atoms with E-state index in [1.165, 1.54) is 6.20 Å². The number of aromatic nitrogens is 1. The molecule has 0 radical (unpaired) electrons. The van der Waals surface area contributed by atoms with Gasteiger partial charge in [-0.2, -0.15) is 0 Å². The van der Waals surface area contributed by atoms with Gasteiger partial charge in [-0.15, -0.1) is 0 Å². The van der Waals surface area contributed by atoms with Gasteiger partial charge in [0.25, 0.3) is 10.0 Å². The first-order valence-electron chi connectivity index (χ1n) is 9.47. The molecule has 0 bridgehead atoms. The maximum Gasteiger partial charge on any atom is 0.266 e. The van der Waals surface area contributed by atoms with Crippen LogP contribution >= 0.6 is 34.5 Å². The Kier molecular flexibility index (Phi) is 7.84. The molecular formula is C20H22Cl2FN5O2S2. The van der Waals surface area contributed by atoms with Crippen molar-refractivity contribution >= 4 is 66.8 Å². The molecule has 3 aromatic rings. The predicted molar refractivity (Wildman–Crippen MR) is 131 cm³/mol. The summed E-state index contributed by atoms with van der Waals surface area (Å²) in [6.07, 6.45) is 1.30. The summed E-state index contributed by atoms with van der Waals surface area (Å²) in [5.41, 5.74) is 2.92. The second-order valence-electron chi connectivity index (χ2n) is 7.01. The third-order valence-electron chi connectivity index (χ3n) is 4.54. The number of nitrogens with zero attached hydrogens (tertiary/aromatic N) is 2. The number of likely N-dealkylation sites (N-methyl/N-ethyl adjacent to an activating group) is 2. The van der Waals surface area contributed by atoms with E-state index in [0.29, 0.717) is 10.0 Å². The summed E-state index contributed by atoms with van der Waals surface area (Å²) < 4.78 is 42.6. The van der Waals surface area contributed by atoms with Crippen molar-refractivity contribution in [1.29, 1.82) is 0 Å². The lowest BCUT2D eigenvalue weighted by atomic mass is 10.1. The Hall–Kier alpha value is -2.11. The number of hydrogen-bond acceptors (Lipinski definition) is 7. The van der Waals surface area contributed by atoms with E-state index in [0.717, 1.165) is 47.8 Å². The standard InChI is InChI=1S/C20H22Cl2FN5O2S2/c1-12-4-5-15(17(8-12)28(3)7-6-24-2)26-16-10-14(23)18(9-13(16)21)32(29,30)27-20-25-11-19(22)31-20/h4-5,8-11,24,26H,6-7H2,1-3H3,(H,25,27). The number of sulfonamides is 1. The summed E-state index contributed by atoms with van der Waals surface area (Å²) in [4.78, 5) is 5.29. The molecule has 0 aliphatic carbocycles. The molecule has 0 saturated heterocycles. The number of aryl methyl sites for hydroxylation is 1. The Bertz CT molecular complexity index is 1220. The molecule has 0 amide bonds.